The largest absolute Gasteiger partial charge is 0.493 e. The van der Waals surface area contributed by atoms with Gasteiger partial charge >= 0.3 is 0 Å². The molecule has 2 rings (SSSR count). The maximum Gasteiger partial charge on any atom is 0.251 e. The highest BCUT2D eigenvalue weighted by Gasteiger charge is 2.12. The van der Waals surface area contributed by atoms with Crippen LogP contribution >= 0.6 is 11.3 Å². The Bertz CT molecular complexity index is 597. The van der Waals surface area contributed by atoms with Gasteiger partial charge in [-0.05, 0) is 32.0 Å². The summed E-state index contributed by atoms with van der Waals surface area (Å²) in [6.07, 6.45) is 0. The first-order valence-corrected chi connectivity index (χ1v) is 7.53. The van der Waals surface area contributed by atoms with Crippen LogP contribution in [-0.4, -0.2) is 24.0 Å². The number of nitrogens with zero attached hydrogens (tertiary/aromatic N) is 1. The van der Waals surface area contributed by atoms with Crippen LogP contribution in [0.3, 0.4) is 0 Å². The van der Waals surface area contributed by atoms with E-state index in [1.165, 1.54) is 11.3 Å². The van der Waals surface area contributed by atoms with Gasteiger partial charge in [0.2, 0.25) is 0 Å². The number of aromatic nitrogens is 1. The molecule has 0 spiro atoms. The second-order valence-corrected chi connectivity index (χ2v) is 5.48. The topological polar surface area (TPSA) is 60.5 Å². The predicted molar refractivity (Wildman–Crippen MR) is 82.0 cm³/mol. The Kier molecular flexibility index (Phi) is 5.16. The summed E-state index contributed by atoms with van der Waals surface area (Å²) in [5.41, 5.74) is 3.17. The molecule has 0 aliphatic rings. The minimum absolute atomic E-state index is 0.0871. The fourth-order valence-electron chi connectivity index (χ4n) is 1.73. The van der Waals surface area contributed by atoms with Gasteiger partial charge in [-0.25, -0.2) is 4.98 Å². The van der Waals surface area contributed by atoms with Crippen molar-refractivity contribution < 1.29 is 14.3 Å². The Morgan fingerprint density at radius 2 is 2.19 bits per heavy atom. The Morgan fingerprint density at radius 1 is 1.38 bits per heavy atom. The lowest BCUT2D eigenvalue weighted by Crippen LogP contribution is -2.30. The standard InChI is InChI=1S/C15H18N2O3S/c1-10(2)17-15(18)11-4-5-13(14(6-11)19-3)20-7-12-8-21-9-16-12/h4-6,8-10H,7H2,1-3H3,(H,17,18). The highest BCUT2D eigenvalue weighted by Crippen LogP contribution is 2.28. The van der Waals surface area contributed by atoms with E-state index < -0.39 is 0 Å². The second kappa shape index (κ2) is 7.08. The van der Waals surface area contributed by atoms with E-state index in [0.717, 1.165) is 5.69 Å². The molecule has 0 radical (unpaired) electrons. The molecule has 0 atom stereocenters. The van der Waals surface area contributed by atoms with E-state index in [-0.39, 0.29) is 11.9 Å². The number of carbonyl (C=O) groups excluding carboxylic acids is 1. The number of rotatable bonds is 6. The highest BCUT2D eigenvalue weighted by atomic mass is 32.1. The number of benzene rings is 1. The molecule has 6 heteroatoms. The lowest BCUT2D eigenvalue weighted by molar-refractivity contribution is 0.0942. The van der Waals surface area contributed by atoms with Crippen molar-refractivity contribution >= 4 is 17.2 Å². The van der Waals surface area contributed by atoms with Gasteiger partial charge in [-0.2, -0.15) is 0 Å². The summed E-state index contributed by atoms with van der Waals surface area (Å²) in [6.45, 7) is 4.21. The summed E-state index contributed by atoms with van der Waals surface area (Å²) in [5, 5.41) is 4.77. The molecule has 21 heavy (non-hydrogen) atoms. The number of amides is 1. The molecular weight excluding hydrogens is 288 g/mol. The van der Waals surface area contributed by atoms with E-state index in [4.69, 9.17) is 9.47 Å². The van der Waals surface area contributed by atoms with Crippen molar-refractivity contribution in [1.82, 2.24) is 10.3 Å². The molecule has 0 aliphatic heterocycles. The third kappa shape index (κ3) is 4.19. The fraction of sp³-hybridized carbons (Fsp3) is 0.333. The second-order valence-electron chi connectivity index (χ2n) is 4.76. The van der Waals surface area contributed by atoms with Gasteiger partial charge in [-0.3, -0.25) is 4.79 Å². The monoisotopic (exact) mass is 306 g/mol. The van der Waals surface area contributed by atoms with Crippen LogP contribution in [0.1, 0.15) is 29.9 Å². The van der Waals surface area contributed by atoms with Crippen LogP contribution in [-0.2, 0) is 6.61 Å². The number of nitrogens with one attached hydrogen (secondary N) is 1. The Labute approximate surface area is 127 Å². The average molecular weight is 306 g/mol. The van der Waals surface area contributed by atoms with Gasteiger partial charge in [0, 0.05) is 17.0 Å². The number of hydrogen-bond acceptors (Lipinski definition) is 5. The molecule has 0 unspecified atom stereocenters. The highest BCUT2D eigenvalue weighted by molar-refractivity contribution is 7.07. The van der Waals surface area contributed by atoms with Crippen LogP contribution in [0.5, 0.6) is 11.5 Å². The predicted octanol–water partition coefficient (Wildman–Crippen LogP) is 2.87. The van der Waals surface area contributed by atoms with E-state index in [1.807, 2.05) is 19.2 Å². The van der Waals surface area contributed by atoms with Gasteiger partial charge in [-0.15, -0.1) is 11.3 Å². The Hall–Kier alpha value is -2.08. The van der Waals surface area contributed by atoms with Crippen molar-refractivity contribution in [2.24, 2.45) is 0 Å². The maximum absolute atomic E-state index is 12.0. The minimum Gasteiger partial charge on any atom is -0.493 e. The lowest BCUT2D eigenvalue weighted by Gasteiger charge is -2.12. The first-order valence-electron chi connectivity index (χ1n) is 6.59. The maximum atomic E-state index is 12.0. The number of carbonyl (C=O) groups is 1. The van der Waals surface area contributed by atoms with Gasteiger partial charge < -0.3 is 14.8 Å². The summed E-state index contributed by atoms with van der Waals surface area (Å²) in [4.78, 5) is 16.1. The molecule has 5 nitrogen and oxygen atoms in total. The van der Waals surface area contributed by atoms with Crippen molar-refractivity contribution in [3.8, 4) is 11.5 Å². The van der Waals surface area contributed by atoms with Crippen LogP contribution < -0.4 is 14.8 Å². The SMILES string of the molecule is COc1cc(C(=O)NC(C)C)ccc1OCc1cscn1. The van der Waals surface area contributed by atoms with Crippen LogP contribution in [0.2, 0.25) is 0 Å². The summed E-state index contributed by atoms with van der Waals surface area (Å²) in [6, 6.07) is 5.22. The molecular formula is C15H18N2O3S. The molecule has 1 N–H and O–H groups in total. The Balaban J connectivity index is 2.10. The van der Waals surface area contributed by atoms with E-state index in [2.05, 4.69) is 10.3 Å². The third-order valence-electron chi connectivity index (χ3n) is 2.70. The van der Waals surface area contributed by atoms with Crippen molar-refractivity contribution in [3.63, 3.8) is 0 Å². The van der Waals surface area contributed by atoms with Crippen molar-refractivity contribution in [1.29, 1.82) is 0 Å². The van der Waals surface area contributed by atoms with Gasteiger partial charge in [0.25, 0.3) is 5.91 Å². The van der Waals surface area contributed by atoms with E-state index in [9.17, 15) is 4.79 Å². The summed E-state index contributed by atoms with van der Waals surface area (Å²) in [5.74, 6) is 0.989. The van der Waals surface area contributed by atoms with Gasteiger partial charge in [0.15, 0.2) is 11.5 Å². The van der Waals surface area contributed by atoms with E-state index >= 15 is 0 Å². The average Bonchev–Trinajstić information content (AvgIpc) is 2.97. The van der Waals surface area contributed by atoms with Crippen molar-refractivity contribution in [3.05, 3.63) is 40.3 Å². The zero-order chi connectivity index (χ0) is 15.2. The molecule has 0 fully saturated rings. The molecule has 1 aromatic carbocycles. The smallest absolute Gasteiger partial charge is 0.251 e. The molecule has 0 aliphatic carbocycles. The van der Waals surface area contributed by atoms with E-state index in [1.54, 1.807) is 30.8 Å². The first-order chi connectivity index (χ1) is 10.1. The van der Waals surface area contributed by atoms with E-state index in [0.29, 0.717) is 23.7 Å². The van der Waals surface area contributed by atoms with Gasteiger partial charge in [0.1, 0.15) is 6.61 Å². The molecule has 112 valence electrons. The van der Waals surface area contributed by atoms with Crippen molar-refractivity contribution in [2.75, 3.05) is 7.11 Å². The molecule has 1 heterocycles. The number of thiazole rings is 1. The number of methoxy groups -OCH3 is 1. The fourth-order valence-corrected chi connectivity index (χ4v) is 2.28. The quantitative estimate of drug-likeness (QED) is 0.891. The van der Waals surface area contributed by atoms with Crippen LogP contribution in [0, 0.1) is 0 Å². The van der Waals surface area contributed by atoms with Crippen molar-refractivity contribution in [2.45, 2.75) is 26.5 Å². The zero-order valence-electron chi connectivity index (χ0n) is 12.3. The molecule has 2 aromatic rings. The molecule has 1 aromatic heterocycles. The lowest BCUT2D eigenvalue weighted by atomic mass is 10.2. The van der Waals surface area contributed by atoms with Crippen LogP contribution in [0.4, 0.5) is 0 Å². The minimum atomic E-state index is -0.130. The van der Waals surface area contributed by atoms with Crippen LogP contribution in [0.15, 0.2) is 29.1 Å². The molecule has 0 saturated carbocycles. The Morgan fingerprint density at radius 3 is 2.81 bits per heavy atom. The van der Waals surface area contributed by atoms with Gasteiger partial charge in [0.05, 0.1) is 18.3 Å². The first kappa shape index (κ1) is 15.3. The zero-order valence-corrected chi connectivity index (χ0v) is 13.1. The molecule has 0 saturated heterocycles. The normalized spacial score (nSPS) is 10.5. The number of hydrogen-bond donors (Lipinski definition) is 1. The summed E-state index contributed by atoms with van der Waals surface area (Å²) >= 11 is 1.52. The summed E-state index contributed by atoms with van der Waals surface area (Å²) in [7, 11) is 1.55. The molecule has 1 amide bonds. The van der Waals surface area contributed by atoms with Crippen LogP contribution in [0.25, 0.3) is 0 Å². The van der Waals surface area contributed by atoms with Gasteiger partial charge in [-0.1, -0.05) is 0 Å². The summed E-state index contributed by atoms with van der Waals surface area (Å²) < 4.78 is 11.0. The third-order valence-corrected chi connectivity index (χ3v) is 3.34. The number of ether oxygens (including phenoxy) is 2. The molecule has 0 bridgehead atoms.